The number of hydrogen-bond acceptors (Lipinski definition) is 1. The monoisotopic (exact) mass is 400 g/mol. The zero-order valence-corrected chi connectivity index (χ0v) is 20.1. The first-order chi connectivity index (χ1) is 13.8. The Bertz CT molecular complexity index is 620. The van der Waals surface area contributed by atoms with Crippen molar-refractivity contribution in [2.24, 2.45) is 46.3 Å². The first-order valence-corrected chi connectivity index (χ1v) is 13.1. The second kappa shape index (κ2) is 8.33. The number of allylic oxidation sites excluding steroid dienone is 2. The average molecular weight is 401 g/mol. The summed E-state index contributed by atoms with van der Waals surface area (Å²) in [5.41, 5.74) is 5.04. The predicted octanol–water partition coefficient (Wildman–Crippen LogP) is 7.78. The highest BCUT2D eigenvalue weighted by Crippen LogP contribution is 2.65. The van der Waals surface area contributed by atoms with Crippen LogP contribution in [0.2, 0.25) is 0 Å². The molecule has 0 aliphatic heterocycles. The van der Waals surface area contributed by atoms with E-state index in [1.807, 2.05) is 11.1 Å². The van der Waals surface area contributed by atoms with Crippen LogP contribution < -0.4 is 0 Å². The highest BCUT2D eigenvalue weighted by Gasteiger charge is 2.54. The molecular weight excluding hydrogens is 352 g/mol. The fourth-order valence-electron chi connectivity index (χ4n) is 8.67. The van der Waals surface area contributed by atoms with Crippen molar-refractivity contribution in [3.63, 3.8) is 0 Å². The summed E-state index contributed by atoms with van der Waals surface area (Å²) in [4.78, 5) is 0. The summed E-state index contributed by atoms with van der Waals surface area (Å²) in [5.74, 6) is 4.74. The fourth-order valence-corrected chi connectivity index (χ4v) is 8.67. The topological polar surface area (TPSA) is 20.2 Å². The molecule has 1 N–H and O–H groups in total. The molecule has 0 radical (unpaired) electrons. The van der Waals surface area contributed by atoms with Crippen LogP contribution in [0.4, 0.5) is 0 Å². The molecule has 0 spiro atoms. The van der Waals surface area contributed by atoms with Gasteiger partial charge in [-0.25, -0.2) is 0 Å². The van der Waals surface area contributed by atoms with E-state index in [9.17, 15) is 5.11 Å². The summed E-state index contributed by atoms with van der Waals surface area (Å²) in [6.07, 6.45) is 17.3. The van der Waals surface area contributed by atoms with Crippen LogP contribution in [-0.4, -0.2) is 11.7 Å². The van der Waals surface area contributed by atoms with Crippen molar-refractivity contribution in [1.29, 1.82) is 0 Å². The minimum atomic E-state index is 0.341. The van der Waals surface area contributed by atoms with Crippen LogP contribution in [0.1, 0.15) is 112 Å². The van der Waals surface area contributed by atoms with E-state index in [2.05, 4.69) is 34.6 Å². The molecule has 1 heteroatoms. The quantitative estimate of drug-likeness (QED) is 0.451. The summed E-state index contributed by atoms with van der Waals surface area (Å²) >= 11 is 0. The van der Waals surface area contributed by atoms with Gasteiger partial charge in [-0.05, 0) is 97.7 Å². The van der Waals surface area contributed by atoms with Crippen LogP contribution in [0, 0.1) is 46.3 Å². The van der Waals surface area contributed by atoms with E-state index in [4.69, 9.17) is 0 Å². The van der Waals surface area contributed by atoms with Gasteiger partial charge in [-0.3, -0.25) is 0 Å². The average Bonchev–Trinajstić information content (AvgIpc) is 3.08. The number of hydrogen-bond donors (Lipinski definition) is 1. The Balaban J connectivity index is 1.50. The molecular formula is C28H48O. The van der Waals surface area contributed by atoms with Crippen LogP contribution in [0.25, 0.3) is 0 Å². The Morgan fingerprint density at radius 1 is 0.897 bits per heavy atom. The van der Waals surface area contributed by atoms with Crippen molar-refractivity contribution >= 4 is 0 Å². The first kappa shape index (κ1) is 21.9. The lowest BCUT2D eigenvalue weighted by molar-refractivity contribution is 0.00917. The Labute approximate surface area is 181 Å². The second-order valence-electron chi connectivity index (χ2n) is 12.3. The molecule has 4 aliphatic rings. The lowest BCUT2D eigenvalue weighted by atomic mass is 9.49. The fraction of sp³-hybridized carbons (Fsp3) is 0.929. The van der Waals surface area contributed by atoms with E-state index in [1.165, 1.54) is 77.0 Å². The van der Waals surface area contributed by atoms with Gasteiger partial charge in [0, 0.05) is 6.61 Å². The van der Waals surface area contributed by atoms with Crippen molar-refractivity contribution < 1.29 is 5.11 Å². The molecule has 3 saturated carbocycles. The summed E-state index contributed by atoms with van der Waals surface area (Å²) in [6, 6.07) is 0. The van der Waals surface area contributed by atoms with Gasteiger partial charge in [0.25, 0.3) is 0 Å². The molecule has 4 aliphatic carbocycles. The van der Waals surface area contributed by atoms with Gasteiger partial charge in [0.1, 0.15) is 0 Å². The van der Waals surface area contributed by atoms with Crippen molar-refractivity contribution in [2.75, 3.05) is 6.61 Å². The lowest BCUT2D eigenvalue weighted by Crippen LogP contribution is -2.46. The Morgan fingerprint density at radius 3 is 2.45 bits per heavy atom. The molecule has 0 aromatic heterocycles. The van der Waals surface area contributed by atoms with Crippen molar-refractivity contribution in [1.82, 2.24) is 0 Å². The van der Waals surface area contributed by atoms with Gasteiger partial charge in [-0.1, -0.05) is 71.4 Å². The van der Waals surface area contributed by atoms with Crippen molar-refractivity contribution in [3.05, 3.63) is 11.1 Å². The van der Waals surface area contributed by atoms with Gasteiger partial charge < -0.3 is 5.11 Å². The number of rotatable bonds is 6. The molecule has 0 bridgehead atoms. The van der Waals surface area contributed by atoms with Crippen molar-refractivity contribution in [2.45, 2.75) is 112 Å². The van der Waals surface area contributed by atoms with E-state index < -0.39 is 0 Å². The molecule has 2 unspecified atom stereocenters. The number of aliphatic hydroxyl groups excluding tert-OH is 1. The minimum absolute atomic E-state index is 0.341. The smallest absolute Gasteiger partial charge is 0.0459 e. The van der Waals surface area contributed by atoms with Crippen molar-refractivity contribution in [3.8, 4) is 0 Å². The summed E-state index contributed by atoms with van der Waals surface area (Å²) < 4.78 is 0. The Morgan fingerprint density at radius 2 is 1.69 bits per heavy atom. The van der Waals surface area contributed by atoms with E-state index >= 15 is 0 Å². The maximum absolute atomic E-state index is 9.48. The second-order valence-corrected chi connectivity index (χ2v) is 12.3. The first-order valence-electron chi connectivity index (χ1n) is 13.1. The third kappa shape index (κ3) is 3.66. The molecule has 0 heterocycles. The van der Waals surface area contributed by atoms with Gasteiger partial charge >= 0.3 is 0 Å². The predicted molar refractivity (Wildman–Crippen MR) is 124 cm³/mol. The molecule has 4 rings (SSSR count). The number of aliphatic hydroxyl groups is 1. The van der Waals surface area contributed by atoms with Crippen LogP contribution in [0.5, 0.6) is 0 Å². The van der Waals surface area contributed by atoms with Crippen LogP contribution in [-0.2, 0) is 0 Å². The SMILES string of the molecule is CC(CO)[C@@H](C)CC[C@@H](C)[C@H]1CCC2=C3CCC4CCCC[C@]4(C)[C@H]3CC[C@@]21C. The van der Waals surface area contributed by atoms with Gasteiger partial charge in [0.15, 0.2) is 0 Å². The standard InChI is InChI=1S/C28H48O/c1-19(21(3)18-29)9-10-20(2)24-13-14-25-23-12-11-22-8-6-7-16-27(22,4)26(23)15-17-28(24,25)5/h19-22,24,26,29H,6-18H2,1-5H3/t19-,20+,21?,22?,24+,26-,27-,28+/m0/s1. The molecule has 0 amide bonds. The van der Waals surface area contributed by atoms with E-state index in [0.717, 1.165) is 23.7 Å². The van der Waals surface area contributed by atoms with E-state index in [0.29, 0.717) is 29.3 Å². The third-order valence-electron chi connectivity index (χ3n) is 11.0. The maximum Gasteiger partial charge on any atom is 0.0459 e. The normalized spacial score (nSPS) is 42.6. The largest absolute Gasteiger partial charge is 0.396 e. The zero-order valence-electron chi connectivity index (χ0n) is 20.1. The summed E-state index contributed by atoms with van der Waals surface area (Å²) in [5, 5.41) is 9.48. The van der Waals surface area contributed by atoms with Gasteiger partial charge in [-0.15, -0.1) is 0 Å². The lowest BCUT2D eigenvalue weighted by Gasteiger charge is -2.56. The molecule has 1 nitrogen and oxygen atoms in total. The van der Waals surface area contributed by atoms with Crippen LogP contribution in [0.3, 0.4) is 0 Å². The summed E-state index contributed by atoms with van der Waals surface area (Å²) in [7, 11) is 0. The number of fused-ring (bicyclic) bond motifs is 4. The zero-order chi connectivity index (χ0) is 20.8. The Kier molecular flexibility index (Phi) is 6.29. The van der Waals surface area contributed by atoms with Gasteiger partial charge in [-0.2, -0.15) is 0 Å². The van der Waals surface area contributed by atoms with Crippen LogP contribution in [0.15, 0.2) is 11.1 Å². The molecule has 0 aromatic rings. The van der Waals surface area contributed by atoms with Crippen LogP contribution >= 0.6 is 0 Å². The van der Waals surface area contributed by atoms with Gasteiger partial charge in [0.2, 0.25) is 0 Å². The molecule has 8 atom stereocenters. The summed E-state index contributed by atoms with van der Waals surface area (Å²) in [6.45, 7) is 12.8. The minimum Gasteiger partial charge on any atom is -0.396 e. The third-order valence-corrected chi connectivity index (χ3v) is 11.0. The Hall–Kier alpha value is -0.300. The molecule has 166 valence electrons. The maximum atomic E-state index is 9.48. The molecule has 0 aromatic carbocycles. The van der Waals surface area contributed by atoms with E-state index in [-0.39, 0.29) is 0 Å². The molecule has 3 fully saturated rings. The molecule has 0 saturated heterocycles. The molecule has 29 heavy (non-hydrogen) atoms. The van der Waals surface area contributed by atoms with E-state index in [1.54, 1.807) is 0 Å². The van der Waals surface area contributed by atoms with Gasteiger partial charge in [0.05, 0.1) is 0 Å². The highest BCUT2D eigenvalue weighted by molar-refractivity contribution is 5.34. The highest BCUT2D eigenvalue weighted by atomic mass is 16.3.